The topological polar surface area (TPSA) is 51.0 Å². The standard InChI is InChI=1S/C24H20N4OS2/c29-23(16-31-24-26-25-17-27(24)19-11-5-2-6-12-19)28-20-13-7-8-14-22(20)30-15-21(28)18-9-3-1-4-10-18/h1-14,17,21H,15-16H2/t21-/m1/s1. The highest BCUT2D eigenvalue weighted by atomic mass is 32.2. The van der Waals surface area contributed by atoms with Gasteiger partial charge in [0.2, 0.25) is 5.91 Å². The van der Waals surface area contributed by atoms with E-state index in [4.69, 9.17) is 0 Å². The molecule has 3 aromatic carbocycles. The molecule has 0 aliphatic carbocycles. The first kappa shape index (κ1) is 19.9. The van der Waals surface area contributed by atoms with Gasteiger partial charge < -0.3 is 4.90 Å². The van der Waals surface area contributed by atoms with Crippen molar-refractivity contribution in [2.45, 2.75) is 16.1 Å². The zero-order chi connectivity index (χ0) is 21.0. The Labute approximate surface area is 189 Å². The molecule has 5 nitrogen and oxygen atoms in total. The van der Waals surface area contributed by atoms with Gasteiger partial charge in [0.15, 0.2) is 5.16 Å². The lowest BCUT2D eigenvalue weighted by Gasteiger charge is -2.37. The molecule has 4 aromatic rings. The minimum Gasteiger partial charge on any atom is -0.302 e. The van der Waals surface area contributed by atoms with Gasteiger partial charge in [-0.05, 0) is 29.8 Å². The van der Waals surface area contributed by atoms with E-state index >= 15 is 0 Å². The number of rotatable bonds is 5. The number of amides is 1. The van der Waals surface area contributed by atoms with Crippen LogP contribution in [0.15, 0.2) is 101 Å². The Bertz CT molecular complexity index is 1180. The van der Waals surface area contributed by atoms with Crippen LogP contribution >= 0.6 is 23.5 Å². The van der Waals surface area contributed by atoms with Crippen molar-refractivity contribution in [1.82, 2.24) is 14.8 Å². The highest BCUT2D eigenvalue weighted by molar-refractivity contribution is 8.00. The van der Waals surface area contributed by atoms with E-state index in [0.29, 0.717) is 5.16 Å². The Morgan fingerprint density at radius 3 is 2.48 bits per heavy atom. The fourth-order valence-electron chi connectivity index (χ4n) is 3.70. The molecule has 0 unspecified atom stereocenters. The molecule has 1 aliphatic heterocycles. The normalized spacial score (nSPS) is 15.5. The van der Waals surface area contributed by atoms with Crippen LogP contribution in [0.4, 0.5) is 5.69 Å². The van der Waals surface area contributed by atoms with Crippen molar-refractivity contribution in [3.05, 3.63) is 96.8 Å². The number of anilines is 1. The van der Waals surface area contributed by atoms with Crippen molar-refractivity contribution in [1.29, 1.82) is 0 Å². The number of carbonyl (C=O) groups is 1. The second-order valence-electron chi connectivity index (χ2n) is 7.08. The summed E-state index contributed by atoms with van der Waals surface area (Å²) < 4.78 is 1.91. The van der Waals surface area contributed by atoms with Crippen molar-refractivity contribution in [2.75, 3.05) is 16.4 Å². The van der Waals surface area contributed by atoms with Crippen LogP contribution in [0.5, 0.6) is 0 Å². The Morgan fingerprint density at radius 2 is 1.68 bits per heavy atom. The van der Waals surface area contributed by atoms with E-state index in [-0.39, 0.29) is 17.7 Å². The molecule has 1 aliphatic rings. The molecule has 0 fully saturated rings. The molecule has 5 rings (SSSR count). The van der Waals surface area contributed by atoms with E-state index in [0.717, 1.165) is 27.6 Å². The summed E-state index contributed by atoms with van der Waals surface area (Å²) in [6.07, 6.45) is 1.68. The van der Waals surface area contributed by atoms with Crippen molar-refractivity contribution < 1.29 is 4.79 Å². The van der Waals surface area contributed by atoms with Crippen LogP contribution in [0.2, 0.25) is 0 Å². The van der Waals surface area contributed by atoms with Crippen molar-refractivity contribution in [3.63, 3.8) is 0 Å². The highest BCUT2D eigenvalue weighted by Gasteiger charge is 2.32. The van der Waals surface area contributed by atoms with Gasteiger partial charge in [0.25, 0.3) is 0 Å². The molecule has 0 N–H and O–H groups in total. The molecule has 31 heavy (non-hydrogen) atoms. The Hall–Kier alpha value is -3.03. The maximum absolute atomic E-state index is 13.5. The molecular formula is C24H20N4OS2. The number of hydrogen-bond donors (Lipinski definition) is 0. The van der Waals surface area contributed by atoms with E-state index < -0.39 is 0 Å². The molecule has 0 radical (unpaired) electrons. The summed E-state index contributed by atoms with van der Waals surface area (Å²) >= 11 is 3.21. The van der Waals surface area contributed by atoms with Gasteiger partial charge in [-0.1, -0.05) is 72.4 Å². The van der Waals surface area contributed by atoms with E-state index in [1.807, 2.05) is 76.2 Å². The third kappa shape index (κ3) is 4.11. The predicted molar refractivity (Wildman–Crippen MR) is 126 cm³/mol. The molecule has 0 bridgehead atoms. The fourth-order valence-corrected chi connectivity index (χ4v) is 5.66. The number of aromatic nitrogens is 3. The van der Waals surface area contributed by atoms with Gasteiger partial charge in [0.05, 0.1) is 17.5 Å². The van der Waals surface area contributed by atoms with Crippen LogP contribution in [0, 0.1) is 0 Å². The second kappa shape index (κ2) is 8.99. The van der Waals surface area contributed by atoms with Crippen LogP contribution in [0.3, 0.4) is 0 Å². The summed E-state index contributed by atoms with van der Waals surface area (Å²) in [5.41, 5.74) is 3.10. The number of carbonyl (C=O) groups excluding carboxylic acids is 1. The van der Waals surface area contributed by atoms with Crippen molar-refractivity contribution in [2.24, 2.45) is 0 Å². The van der Waals surface area contributed by atoms with E-state index in [1.54, 1.807) is 18.1 Å². The largest absolute Gasteiger partial charge is 0.302 e. The molecule has 7 heteroatoms. The first-order valence-corrected chi connectivity index (χ1v) is 12.0. The summed E-state index contributed by atoms with van der Waals surface area (Å²) in [5, 5.41) is 8.99. The van der Waals surface area contributed by atoms with Gasteiger partial charge >= 0.3 is 0 Å². The molecule has 0 saturated heterocycles. The first-order chi connectivity index (χ1) is 15.3. The third-order valence-electron chi connectivity index (χ3n) is 5.16. The van der Waals surface area contributed by atoms with Gasteiger partial charge in [0.1, 0.15) is 6.33 Å². The van der Waals surface area contributed by atoms with Gasteiger partial charge in [0, 0.05) is 16.3 Å². The van der Waals surface area contributed by atoms with Crippen LogP contribution in [-0.2, 0) is 4.79 Å². The molecule has 1 atom stereocenters. The number of thioether (sulfide) groups is 2. The SMILES string of the molecule is O=C(CSc1nncn1-c1ccccc1)N1c2ccccc2SC[C@@H]1c1ccccc1. The Kier molecular flexibility index (Phi) is 5.78. The van der Waals surface area contributed by atoms with Gasteiger partial charge in [-0.2, -0.15) is 0 Å². The Morgan fingerprint density at radius 1 is 0.968 bits per heavy atom. The maximum atomic E-state index is 13.5. The fraction of sp³-hybridized carbons (Fsp3) is 0.125. The zero-order valence-electron chi connectivity index (χ0n) is 16.7. The van der Waals surface area contributed by atoms with Crippen LogP contribution in [0.25, 0.3) is 5.69 Å². The molecular weight excluding hydrogens is 424 g/mol. The number of hydrogen-bond acceptors (Lipinski definition) is 5. The number of para-hydroxylation sites is 2. The van der Waals surface area contributed by atoms with Crippen LogP contribution < -0.4 is 4.90 Å². The summed E-state index contributed by atoms with van der Waals surface area (Å²) in [5.74, 6) is 1.18. The molecule has 1 amide bonds. The van der Waals surface area contributed by atoms with Gasteiger partial charge in [-0.3, -0.25) is 9.36 Å². The average molecular weight is 445 g/mol. The number of fused-ring (bicyclic) bond motifs is 1. The zero-order valence-corrected chi connectivity index (χ0v) is 18.3. The van der Waals surface area contributed by atoms with Gasteiger partial charge in [-0.15, -0.1) is 22.0 Å². The molecule has 154 valence electrons. The van der Waals surface area contributed by atoms with Crippen LogP contribution in [-0.4, -0.2) is 32.2 Å². The Balaban J connectivity index is 1.41. The monoisotopic (exact) mass is 444 g/mol. The third-order valence-corrected chi connectivity index (χ3v) is 7.23. The highest BCUT2D eigenvalue weighted by Crippen LogP contribution is 2.43. The molecule has 2 heterocycles. The summed E-state index contributed by atoms with van der Waals surface area (Å²) in [4.78, 5) is 16.6. The maximum Gasteiger partial charge on any atom is 0.238 e. The predicted octanol–water partition coefficient (Wildman–Crippen LogP) is 5.24. The van der Waals surface area contributed by atoms with E-state index in [9.17, 15) is 4.79 Å². The lowest BCUT2D eigenvalue weighted by Crippen LogP contribution is -2.39. The quantitative estimate of drug-likeness (QED) is 0.394. The van der Waals surface area contributed by atoms with Gasteiger partial charge in [-0.25, -0.2) is 0 Å². The summed E-state index contributed by atoms with van der Waals surface area (Å²) in [6, 6.07) is 28.3. The van der Waals surface area contributed by atoms with Crippen LogP contribution in [0.1, 0.15) is 11.6 Å². The van der Waals surface area contributed by atoms with E-state index in [2.05, 4.69) is 28.4 Å². The lowest BCUT2D eigenvalue weighted by molar-refractivity contribution is -0.116. The van der Waals surface area contributed by atoms with Crippen molar-refractivity contribution in [3.8, 4) is 5.69 Å². The number of nitrogens with zero attached hydrogens (tertiary/aromatic N) is 4. The van der Waals surface area contributed by atoms with Crippen molar-refractivity contribution >= 4 is 35.1 Å². The van der Waals surface area contributed by atoms with E-state index in [1.165, 1.54) is 11.8 Å². The first-order valence-electron chi connectivity index (χ1n) is 9.98. The summed E-state index contributed by atoms with van der Waals surface area (Å²) in [6.45, 7) is 0. The minimum atomic E-state index is 0.00110. The average Bonchev–Trinajstić information content (AvgIpc) is 3.31. The number of benzene rings is 3. The molecule has 0 spiro atoms. The lowest BCUT2D eigenvalue weighted by atomic mass is 10.1. The summed E-state index contributed by atoms with van der Waals surface area (Å²) in [7, 11) is 0. The minimum absolute atomic E-state index is 0.00110. The second-order valence-corrected chi connectivity index (χ2v) is 9.08. The molecule has 0 saturated carbocycles. The molecule has 1 aromatic heterocycles. The smallest absolute Gasteiger partial charge is 0.238 e.